The van der Waals surface area contributed by atoms with Crippen molar-refractivity contribution < 1.29 is 9.53 Å². The van der Waals surface area contributed by atoms with Gasteiger partial charge in [-0.1, -0.05) is 18.2 Å². The molecule has 0 aliphatic carbocycles. The summed E-state index contributed by atoms with van der Waals surface area (Å²) in [5.74, 6) is 1.01. The standard InChI is InChI=1S/C20H23N3O2S/c1-14-8-9-16(12-18(14)23-10-4-7-19(23)24)22-20(26)21-13-15-5-3-6-17(11-15)25-2/h3,5-6,8-9,11-12H,4,7,10,13H2,1-2H3,(H2,21,22,26). The SMILES string of the molecule is COc1cccc(CNC(=S)Nc2ccc(C)c(N3CCCC3=O)c2)c1. The van der Waals surface area contributed by atoms with Crippen molar-refractivity contribution in [1.29, 1.82) is 0 Å². The van der Waals surface area contributed by atoms with Crippen molar-refractivity contribution in [2.75, 3.05) is 23.9 Å². The first kappa shape index (κ1) is 18.2. The average Bonchev–Trinajstić information content (AvgIpc) is 3.07. The Bertz CT molecular complexity index is 822. The molecule has 0 spiro atoms. The maximum absolute atomic E-state index is 12.0. The number of amides is 1. The van der Waals surface area contributed by atoms with Crippen LogP contribution in [0.25, 0.3) is 0 Å². The monoisotopic (exact) mass is 369 g/mol. The molecule has 0 unspecified atom stereocenters. The highest BCUT2D eigenvalue weighted by Gasteiger charge is 2.23. The lowest BCUT2D eigenvalue weighted by atomic mass is 10.1. The van der Waals surface area contributed by atoms with Gasteiger partial charge in [-0.05, 0) is 61.0 Å². The minimum atomic E-state index is 0.184. The van der Waals surface area contributed by atoms with E-state index in [-0.39, 0.29) is 5.91 Å². The fraction of sp³-hybridized carbons (Fsp3) is 0.300. The maximum Gasteiger partial charge on any atom is 0.227 e. The number of aryl methyl sites for hydroxylation is 1. The lowest BCUT2D eigenvalue weighted by Crippen LogP contribution is -2.28. The van der Waals surface area contributed by atoms with Crippen LogP contribution in [-0.4, -0.2) is 24.7 Å². The summed E-state index contributed by atoms with van der Waals surface area (Å²) < 4.78 is 5.23. The molecule has 1 heterocycles. The number of nitrogens with zero attached hydrogens (tertiary/aromatic N) is 1. The number of hydrogen-bond donors (Lipinski definition) is 2. The number of rotatable bonds is 5. The summed E-state index contributed by atoms with van der Waals surface area (Å²) in [6.45, 7) is 3.40. The van der Waals surface area contributed by atoms with Crippen LogP contribution in [0, 0.1) is 6.92 Å². The highest BCUT2D eigenvalue weighted by atomic mass is 32.1. The molecule has 136 valence electrons. The minimum absolute atomic E-state index is 0.184. The molecule has 1 aliphatic heterocycles. The lowest BCUT2D eigenvalue weighted by molar-refractivity contribution is -0.117. The molecular weight excluding hydrogens is 346 g/mol. The first-order chi connectivity index (χ1) is 12.6. The van der Waals surface area contributed by atoms with Crippen LogP contribution in [0.5, 0.6) is 5.75 Å². The van der Waals surface area contributed by atoms with Crippen LogP contribution in [0.15, 0.2) is 42.5 Å². The number of carbonyl (C=O) groups excluding carboxylic acids is 1. The smallest absolute Gasteiger partial charge is 0.227 e. The van der Waals surface area contributed by atoms with Gasteiger partial charge >= 0.3 is 0 Å². The Labute approximate surface area is 159 Å². The van der Waals surface area contributed by atoms with Crippen molar-refractivity contribution in [1.82, 2.24) is 5.32 Å². The summed E-state index contributed by atoms with van der Waals surface area (Å²) in [7, 11) is 1.65. The number of benzene rings is 2. The van der Waals surface area contributed by atoms with Crippen molar-refractivity contribution in [3.63, 3.8) is 0 Å². The number of anilines is 2. The average molecular weight is 369 g/mol. The van der Waals surface area contributed by atoms with E-state index >= 15 is 0 Å². The molecule has 1 amide bonds. The van der Waals surface area contributed by atoms with Crippen molar-refractivity contribution in [3.8, 4) is 5.75 Å². The van der Waals surface area contributed by atoms with Gasteiger partial charge in [0, 0.05) is 30.9 Å². The fourth-order valence-electron chi connectivity index (χ4n) is 3.02. The molecule has 1 fully saturated rings. The van der Waals surface area contributed by atoms with Gasteiger partial charge in [-0.3, -0.25) is 4.79 Å². The molecule has 0 atom stereocenters. The number of hydrogen-bond acceptors (Lipinski definition) is 3. The van der Waals surface area contributed by atoms with E-state index in [0.29, 0.717) is 18.1 Å². The van der Waals surface area contributed by atoms with Crippen molar-refractivity contribution in [2.24, 2.45) is 0 Å². The molecule has 0 aromatic heterocycles. The number of thiocarbonyl (C=S) groups is 1. The highest BCUT2D eigenvalue weighted by molar-refractivity contribution is 7.80. The Kier molecular flexibility index (Phi) is 5.73. The second kappa shape index (κ2) is 8.19. The third kappa shape index (κ3) is 4.32. The predicted octanol–water partition coefficient (Wildman–Crippen LogP) is 3.62. The van der Waals surface area contributed by atoms with Gasteiger partial charge < -0.3 is 20.3 Å². The Morgan fingerprint density at radius 2 is 2.12 bits per heavy atom. The summed E-state index contributed by atoms with van der Waals surface area (Å²) in [4.78, 5) is 13.9. The maximum atomic E-state index is 12.0. The Morgan fingerprint density at radius 1 is 1.27 bits per heavy atom. The van der Waals surface area contributed by atoms with E-state index in [4.69, 9.17) is 17.0 Å². The fourth-order valence-corrected chi connectivity index (χ4v) is 3.21. The van der Waals surface area contributed by atoms with Gasteiger partial charge in [-0.2, -0.15) is 0 Å². The van der Waals surface area contributed by atoms with Gasteiger partial charge in [0.25, 0.3) is 0 Å². The van der Waals surface area contributed by atoms with Crippen molar-refractivity contribution in [3.05, 3.63) is 53.6 Å². The molecule has 6 heteroatoms. The molecule has 1 saturated heterocycles. The number of nitrogens with one attached hydrogen (secondary N) is 2. The quantitative estimate of drug-likeness (QED) is 0.789. The van der Waals surface area contributed by atoms with Crippen LogP contribution >= 0.6 is 12.2 Å². The van der Waals surface area contributed by atoms with Gasteiger partial charge in [0.05, 0.1) is 7.11 Å². The molecule has 2 aromatic rings. The Balaban J connectivity index is 1.63. The zero-order chi connectivity index (χ0) is 18.5. The molecule has 2 aromatic carbocycles. The van der Waals surface area contributed by atoms with Gasteiger partial charge in [-0.25, -0.2) is 0 Å². The Morgan fingerprint density at radius 3 is 2.85 bits per heavy atom. The van der Waals surface area contributed by atoms with E-state index in [1.54, 1.807) is 7.11 Å². The first-order valence-electron chi connectivity index (χ1n) is 8.65. The molecule has 1 aliphatic rings. The van der Waals surface area contributed by atoms with Gasteiger partial charge in [-0.15, -0.1) is 0 Å². The predicted molar refractivity (Wildman–Crippen MR) is 109 cm³/mol. The number of ether oxygens (including phenoxy) is 1. The van der Waals surface area contributed by atoms with Gasteiger partial charge in [0.1, 0.15) is 5.75 Å². The Hall–Kier alpha value is -2.60. The van der Waals surface area contributed by atoms with Gasteiger partial charge in [0.15, 0.2) is 5.11 Å². The molecule has 2 N–H and O–H groups in total. The van der Waals surface area contributed by atoms with Crippen LogP contribution < -0.4 is 20.3 Å². The summed E-state index contributed by atoms with van der Waals surface area (Å²) in [5, 5.41) is 6.93. The zero-order valence-corrected chi connectivity index (χ0v) is 15.9. The number of methoxy groups -OCH3 is 1. The highest BCUT2D eigenvalue weighted by Crippen LogP contribution is 2.28. The normalized spacial score (nSPS) is 13.6. The van der Waals surface area contributed by atoms with E-state index < -0.39 is 0 Å². The van der Waals surface area contributed by atoms with E-state index in [9.17, 15) is 4.79 Å². The topological polar surface area (TPSA) is 53.6 Å². The van der Waals surface area contributed by atoms with E-state index in [0.717, 1.165) is 41.2 Å². The molecule has 3 rings (SSSR count). The van der Waals surface area contributed by atoms with Crippen LogP contribution in [0.2, 0.25) is 0 Å². The minimum Gasteiger partial charge on any atom is -0.497 e. The van der Waals surface area contributed by atoms with E-state index in [1.807, 2.05) is 54.3 Å². The largest absolute Gasteiger partial charge is 0.497 e. The summed E-state index contributed by atoms with van der Waals surface area (Å²) >= 11 is 5.40. The van der Waals surface area contributed by atoms with Crippen molar-refractivity contribution >= 4 is 34.6 Å². The third-order valence-electron chi connectivity index (χ3n) is 4.42. The number of carbonyl (C=O) groups is 1. The zero-order valence-electron chi connectivity index (χ0n) is 15.0. The van der Waals surface area contributed by atoms with Crippen LogP contribution in [0.3, 0.4) is 0 Å². The summed E-state index contributed by atoms with van der Waals surface area (Å²) in [6.07, 6.45) is 1.54. The molecule has 26 heavy (non-hydrogen) atoms. The summed E-state index contributed by atoms with van der Waals surface area (Å²) in [5.41, 5.74) is 3.99. The molecule has 5 nitrogen and oxygen atoms in total. The van der Waals surface area contributed by atoms with Crippen LogP contribution in [0.1, 0.15) is 24.0 Å². The van der Waals surface area contributed by atoms with E-state index in [1.165, 1.54) is 0 Å². The summed E-state index contributed by atoms with van der Waals surface area (Å²) in [6, 6.07) is 13.8. The first-order valence-corrected chi connectivity index (χ1v) is 9.06. The van der Waals surface area contributed by atoms with Crippen LogP contribution in [-0.2, 0) is 11.3 Å². The molecule has 0 radical (unpaired) electrons. The molecule has 0 saturated carbocycles. The second-order valence-electron chi connectivity index (χ2n) is 6.31. The lowest BCUT2D eigenvalue weighted by Gasteiger charge is -2.20. The van der Waals surface area contributed by atoms with Crippen LogP contribution in [0.4, 0.5) is 11.4 Å². The third-order valence-corrected chi connectivity index (χ3v) is 4.66. The molecular formula is C20H23N3O2S. The molecule has 0 bridgehead atoms. The van der Waals surface area contributed by atoms with Crippen molar-refractivity contribution in [2.45, 2.75) is 26.3 Å². The second-order valence-corrected chi connectivity index (χ2v) is 6.72. The van der Waals surface area contributed by atoms with Gasteiger partial charge in [0.2, 0.25) is 5.91 Å². The van der Waals surface area contributed by atoms with E-state index in [2.05, 4.69) is 10.6 Å².